The molecule has 2 amide bonds. The second kappa shape index (κ2) is 8.25. The van der Waals surface area contributed by atoms with Crippen molar-refractivity contribution in [3.05, 3.63) is 75.8 Å². The fraction of sp³-hybridized carbons (Fsp3) is 0.0588. The van der Waals surface area contributed by atoms with E-state index in [9.17, 15) is 19.7 Å². The molecule has 25 heavy (non-hydrogen) atoms. The van der Waals surface area contributed by atoms with E-state index in [0.29, 0.717) is 11.3 Å². The lowest BCUT2D eigenvalue weighted by Crippen LogP contribution is -2.40. The molecular formula is C17H15N3O5. The first-order valence-corrected chi connectivity index (χ1v) is 7.17. The van der Waals surface area contributed by atoms with E-state index in [1.54, 1.807) is 24.3 Å². The second-order valence-electron chi connectivity index (χ2n) is 4.79. The van der Waals surface area contributed by atoms with Crippen LogP contribution in [0.15, 0.2) is 54.6 Å². The van der Waals surface area contributed by atoms with Crippen molar-refractivity contribution in [2.45, 2.75) is 0 Å². The van der Waals surface area contributed by atoms with Crippen LogP contribution in [0.1, 0.15) is 15.9 Å². The first-order chi connectivity index (χ1) is 12.0. The van der Waals surface area contributed by atoms with E-state index in [1.165, 1.54) is 43.5 Å². The molecule has 2 aromatic rings. The molecule has 0 saturated carbocycles. The van der Waals surface area contributed by atoms with Crippen molar-refractivity contribution in [3.63, 3.8) is 0 Å². The van der Waals surface area contributed by atoms with Gasteiger partial charge >= 0.3 is 0 Å². The average molecular weight is 341 g/mol. The molecule has 8 nitrogen and oxygen atoms in total. The zero-order valence-corrected chi connectivity index (χ0v) is 13.3. The number of nitro benzene ring substituents is 1. The number of amides is 2. The van der Waals surface area contributed by atoms with E-state index >= 15 is 0 Å². The first-order valence-electron chi connectivity index (χ1n) is 7.17. The lowest BCUT2D eigenvalue weighted by atomic mass is 10.2. The Bertz CT molecular complexity index is 833. The third-order valence-corrected chi connectivity index (χ3v) is 3.20. The number of methoxy groups -OCH3 is 1. The molecule has 0 spiro atoms. The van der Waals surface area contributed by atoms with Crippen LogP contribution in [0.2, 0.25) is 0 Å². The molecule has 0 fully saturated rings. The van der Waals surface area contributed by atoms with Gasteiger partial charge in [-0.25, -0.2) is 0 Å². The summed E-state index contributed by atoms with van der Waals surface area (Å²) in [4.78, 5) is 34.0. The number of nitrogens with zero attached hydrogens (tertiary/aromatic N) is 1. The van der Waals surface area contributed by atoms with Crippen molar-refractivity contribution in [2.24, 2.45) is 0 Å². The molecule has 0 atom stereocenters. The van der Waals surface area contributed by atoms with E-state index in [-0.39, 0.29) is 11.3 Å². The number of nitrogens with one attached hydrogen (secondary N) is 2. The van der Waals surface area contributed by atoms with Crippen LogP contribution in [0.5, 0.6) is 5.75 Å². The molecule has 2 N–H and O–H groups in total. The van der Waals surface area contributed by atoms with Gasteiger partial charge in [0.25, 0.3) is 17.5 Å². The molecule has 0 radical (unpaired) electrons. The highest BCUT2D eigenvalue weighted by Crippen LogP contribution is 2.18. The molecule has 0 bridgehead atoms. The quantitative estimate of drug-likeness (QED) is 0.491. The number of carbonyl (C=O) groups excluding carboxylic acids is 2. The maximum absolute atomic E-state index is 12.0. The molecule has 2 aromatic carbocycles. The summed E-state index contributed by atoms with van der Waals surface area (Å²) in [5, 5.41) is 10.9. The zero-order valence-electron chi connectivity index (χ0n) is 13.3. The number of nitro groups is 1. The Labute approximate surface area is 143 Å². The van der Waals surface area contributed by atoms with Crippen LogP contribution in [0.25, 0.3) is 6.08 Å². The number of hydrogen-bond donors (Lipinski definition) is 2. The number of hydrazine groups is 1. The SMILES string of the molecule is COc1ccccc1C=CC(=O)NNC(=O)c1ccccc1[N+](=O)[O-]. The molecule has 0 saturated heterocycles. The van der Waals surface area contributed by atoms with Crippen LogP contribution >= 0.6 is 0 Å². The third-order valence-electron chi connectivity index (χ3n) is 3.20. The molecule has 2 rings (SSSR count). The van der Waals surface area contributed by atoms with Gasteiger partial charge in [0.2, 0.25) is 0 Å². The molecule has 0 aliphatic heterocycles. The van der Waals surface area contributed by atoms with Crippen molar-refractivity contribution in [1.29, 1.82) is 0 Å². The summed E-state index contributed by atoms with van der Waals surface area (Å²) in [5.41, 5.74) is 4.49. The van der Waals surface area contributed by atoms with Crippen LogP contribution in [0.4, 0.5) is 5.69 Å². The highest BCUT2D eigenvalue weighted by Gasteiger charge is 2.19. The van der Waals surface area contributed by atoms with E-state index in [4.69, 9.17) is 4.74 Å². The summed E-state index contributed by atoms with van der Waals surface area (Å²) in [6.07, 6.45) is 2.73. The number of benzene rings is 2. The van der Waals surface area contributed by atoms with E-state index < -0.39 is 16.7 Å². The third kappa shape index (κ3) is 4.64. The van der Waals surface area contributed by atoms with Crippen LogP contribution in [-0.4, -0.2) is 23.8 Å². The highest BCUT2D eigenvalue weighted by atomic mass is 16.6. The van der Waals surface area contributed by atoms with E-state index in [0.717, 1.165) is 0 Å². The number of hydrogen-bond acceptors (Lipinski definition) is 5. The topological polar surface area (TPSA) is 111 Å². The van der Waals surface area contributed by atoms with Gasteiger partial charge in [-0.05, 0) is 18.2 Å². The monoisotopic (exact) mass is 341 g/mol. The molecule has 0 aliphatic rings. The van der Waals surface area contributed by atoms with Crippen LogP contribution in [0, 0.1) is 10.1 Å². The Hall–Kier alpha value is -3.68. The van der Waals surface area contributed by atoms with E-state index in [2.05, 4.69) is 10.9 Å². The normalized spacial score (nSPS) is 10.3. The zero-order chi connectivity index (χ0) is 18.2. The van der Waals surface area contributed by atoms with Crippen LogP contribution < -0.4 is 15.6 Å². The largest absolute Gasteiger partial charge is 0.496 e. The predicted octanol–water partition coefficient (Wildman–Crippen LogP) is 2.08. The van der Waals surface area contributed by atoms with Gasteiger partial charge in [-0.15, -0.1) is 0 Å². The minimum atomic E-state index is -0.786. The molecule has 0 aliphatic carbocycles. The maximum Gasteiger partial charge on any atom is 0.282 e. The summed E-state index contributed by atoms with van der Waals surface area (Å²) in [7, 11) is 1.51. The summed E-state index contributed by atoms with van der Waals surface area (Å²) < 4.78 is 5.15. The van der Waals surface area contributed by atoms with Gasteiger partial charge in [0.1, 0.15) is 11.3 Å². The van der Waals surface area contributed by atoms with Crippen LogP contribution in [-0.2, 0) is 4.79 Å². The molecular weight excluding hydrogens is 326 g/mol. The number of carbonyl (C=O) groups is 2. The molecule has 128 valence electrons. The van der Waals surface area contributed by atoms with E-state index in [1.807, 2.05) is 0 Å². The van der Waals surface area contributed by atoms with Gasteiger partial charge in [0.15, 0.2) is 0 Å². The Morgan fingerprint density at radius 3 is 2.48 bits per heavy atom. The molecule has 0 unspecified atom stereocenters. The Morgan fingerprint density at radius 2 is 1.76 bits per heavy atom. The van der Waals surface area contributed by atoms with Crippen molar-refractivity contribution in [2.75, 3.05) is 7.11 Å². The Morgan fingerprint density at radius 1 is 1.08 bits per heavy atom. The van der Waals surface area contributed by atoms with Crippen molar-refractivity contribution < 1.29 is 19.2 Å². The average Bonchev–Trinajstić information content (AvgIpc) is 2.64. The molecule has 0 heterocycles. The molecule has 0 aromatic heterocycles. The Kier molecular flexibility index (Phi) is 5.83. The van der Waals surface area contributed by atoms with Gasteiger partial charge in [-0.3, -0.25) is 30.6 Å². The van der Waals surface area contributed by atoms with Crippen molar-refractivity contribution in [3.8, 4) is 5.75 Å². The summed E-state index contributed by atoms with van der Waals surface area (Å²) >= 11 is 0. The smallest absolute Gasteiger partial charge is 0.282 e. The number of para-hydroxylation sites is 2. The Balaban J connectivity index is 1.99. The van der Waals surface area contributed by atoms with Gasteiger partial charge in [-0.1, -0.05) is 30.3 Å². The van der Waals surface area contributed by atoms with Gasteiger partial charge in [0.05, 0.1) is 12.0 Å². The van der Waals surface area contributed by atoms with Gasteiger partial charge in [0, 0.05) is 17.7 Å². The number of ether oxygens (including phenoxy) is 1. The molecule has 8 heteroatoms. The van der Waals surface area contributed by atoms with Gasteiger partial charge < -0.3 is 4.74 Å². The summed E-state index contributed by atoms with van der Waals surface area (Å²) in [5.74, 6) is -0.792. The lowest BCUT2D eigenvalue weighted by Gasteiger charge is -2.06. The second-order valence-corrected chi connectivity index (χ2v) is 4.79. The maximum atomic E-state index is 12.0. The summed E-state index contributed by atoms with van der Waals surface area (Å²) in [6, 6.07) is 12.5. The highest BCUT2D eigenvalue weighted by molar-refractivity contribution is 6.00. The fourth-order valence-electron chi connectivity index (χ4n) is 2.02. The number of rotatable bonds is 5. The van der Waals surface area contributed by atoms with Crippen molar-refractivity contribution in [1.82, 2.24) is 10.9 Å². The minimum absolute atomic E-state index is 0.151. The standard InChI is InChI=1S/C17H15N3O5/c1-25-15-9-5-2-6-12(15)10-11-16(21)18-19-17(22)13-7-3-4-8-14(13)20(23)24/h2-11H,1H3,(H,18,21)(H,19,22). The predicted molar refractivity (Wildman–Crippen MR) is 90.7 cm³/mol. The minimum Gasteiger partial charge on any atom is -0.496 e. The lowest BCUT2D eigenvalue weighted by molar-refractivity contribution is -0.385. The fourth-order valence-corrected chi connectivity index (χ4v) is 2.02. The summed E-state index contributed by atoms with van der Waals surface area (Å²) in [6.45, 7) is 0. The first kappa shape index (κ1) is 17.7. The van der Waals surface area contributed by atoms with Gasteiger partial charge in [-0.2, -0.15) is 0 Å². The van der Waals surface area contributed by atoms with Crippen molar-refractivity contribution >= 4 is 23.6 Å². The van der Waals surface area contributed by atoms with Crippen LogP contribution in [0.3, 0.4) is 0 Å².